The van der Waals surface area contributed by atoms with Gasteiger partial charge in [-0.1, -0.05) is 37.8 Å². The van der Waals surface area contributed by atoms with Gasteiger partial charge in [0.05, 0.1) is 23.7 Å². The fourth-order valence-corrected chi connectivity index (χ4v) is 3.28. The van der Waals surface area contributed by atoms with Crippen LogP contribution in [0.4, 0.5) is 0 Å². The Labute approximate surface area is 172 Å². The molecule has 0 aliphatic heterocycles. The molecule has 3 aromatic rings. The normalized spacial score (nSPS) is 12.0. The number of nitrogens with zero attached hydrogens (tertiary/aromatic N) is 2. The molecule has 1 atom stereocenters. The Morgan fingerprint density at radius 1 is 1.21 bits per heavy atom. The molecule has 1 N–H and O–H groups in total. The van der Waals surface area contributed by atoms with Crippen LogP contribution in [0, 0.1) is 0 Å². The summed E-state index contributed by atoms with van der Waals surface area (Å²) in [5.41, 5.74) is 3.78. The summed E-state index contributed by atoms with van der Waals surface area (Å²) in [6.45, 7) is 10.9. The second-order valence-electron chi connectivity index (χ2n) is 7.29. The number of aryl methyl sites for hydroxylation is 2. The number of carbonyl (C=O) groups excluding carboxylic acids is 1. The van der Waals surface area contributed by atoms with Crippen molar-refractivity contribution in [2.24, 2.45) is 0 Å². The summed E-state index contributed by atoms with van der Waals surface area (Å²) in [6, 6.07) is 16.1. The molecule has 1 aromatic heterocycles. The van der Waals surface area contributed by atoms with Gasteiger partial charge in [0.15, 0.2) is 0 Å². The minimum atomic E-state index is -0.214. The number of carbonyl (C=O) groups is 1. The predicted molar refractivity (Wildman–Crippen MR) is 117 cm³/mol. The fraction of sp³-hybridized carbons (Fsp3) is 0.333. The highest BCUT2D eigenvalue weighted by molar-refractivity contribution is 5.92. The highest BCUT2D eigenvalue weighted by Gasteiger charge is 2.18. The quantitative estimate of drug-likeness (QED) is 0.420. The Balaban J connectivity index is 1.69. The van der Waals surface area contributed by atoms with Gasteiger partial charge in [-0.3, -0.25) is 4.79 Å². The van der Waals surface area contributed by atoms with Crippen LogP contribution in [0.2, 0.25) is 0 Å². The van der Waals surface area contributed by atoms with E-state index in [9.17, 15) is 4.79 Å². The third-order valence-corrected chi connectivity index (χ3v) is 4.93. The summed E-state index contributed by atoms with van der Waals surface area (Å²) < 4.78 is 8.07. The van der Waals surface area contributed by atoms with Gasteiger partial charge in [-0.25, -0.2) is 4.98 Å². The Morgan fingerprint density at radius 3 is 2.62 bits per heavy atom. The Morgan fingerprint density at radius 2 is 1.93 bits per heavy atom. The van der Waals surface area contributed by atoms with Crippen molar-refractivity contribution in [3.05, 3.63) is 72.1 Å². The smallest absolute Gasteiger partial charge is 0.246 e. The van der Waals surface area contributed by atoms with Crippen molar-refractivity contribution in [2.75, 3.05) is 6.61 Å². The topological polar surface area (TPSA) is 56.2 Å². The van der Waals surface area contributed by atoms with Crippen molar-refractivity contribution in [1.29, 1.82) is 0 Å². The van der Waals surface area contributed by atoms with Crippen molar-refractivity contribution >= 4 is 16.9 Å². The van der Waals surface area contributed by atoms with Crippen molar-refractivity contribution in [1.82, 2.24) is 14.9 Å². The lowest BCUT2D eigenvalue weighted by molar-refractivity contribution is -0.118. The maximum absolute atomic E-state index is 12.0. The van der Waals surface area contributed by atoms with Crippen LogP contribution in [0.1, 0.15) is 44.6 Å². The molecule has 152 valence electrons. The summed E-state index contributed by atoms with van der Waals surface area (Å²) in [5.74, 6) is 1.57. The second kappa shape index (κ2) is 9.41. The minimum Gasteiger partial charge on any atom is -0.494 e. The van der Waals surface area contributed by atoms with E-state index in [1.165, 1.54) is 5.56 Å². The van der Waals surface area contributed by atoms with Crippen LogP contribution in [0.25, 0.3) is 11.0 Å². The lowest BCUT2D eigenvalue weighted by Gasteiger charge is -2.16. The first kappa shape index (κ1) is 20.6. The van der Waals surface area contributed by atoms with Crippen LogP contribution in [0.3, 0.4) is 0 Å². The summed E-state index contributed by atoms with van der Waals surface area (Å²) >= 11 is 0. The van der Waals surface area contributed by atoms with E-state index in [1.807, 2.05) is 37.3 Å². The van der Waals surface area contributed by atoms with Crippen molar-refractivity contribution in [2.45, 2.75) is 46.2 Å². The van der Waals surface area contributed by atoms with E-state index < -0.39 is 0 Å². The molecule has 0 bridgehead atoms. The molecule has 2 aromatic carbocycles. The van der Waals surface area contributed by atoms with Gasteiger partial charge in [0, 0.05) is 12.1 Å². The molecule has 1 unspecified atom stereocenters. The SMILES string of the molecule is C=C(C)C(=O)NC(C)c1nc2ccccc2n1CCCOc1ccc(CC)cc1. The molecule has 5 heteroatoms. The zero-order chi connectivity index (χ0) is 20.8. The molecule has 0 saturated heterocycles. The van der Waals surface area contributed by atoms with E-state index in [0.717, 1.165) is 42.0 Å². The number of amides is 1. The van der Waals surface area contributed by atoms with Crippen LogP contribution in [-0.4, -0.2) is 22.1 Å². The molecule has 0 aliphatic rings. The molecule has 29 heavy (non-hydrogen) atoms. The third kappa shape index (κ3) is 5.05. The Bertz CT molecular complexity index is 989. The van der Waals surface area contributed by atoms with Gasteiger partial charge in [-0.2, -0.15) is 0 Å². The fourth-order valence-electron chi connectivity index (χ4n) is 3.28. The number of imidazole rings is 1. The van der Waals surface area contributed by atoms with Gasteiger partial charge >= 0.3 is 0 Å². The average molecular weight is 392 g/mol. The lowest BCUT2D eigenvalue weighted by Crippen LogP contribution is -2.29. The molecule has 3 rings (SSSR count). The van der Waals surface area contributed by atoms with E-state index in [-0.39, 0.29) is 11.9 Å². The third-order valence-electron chi connectivity index (χ3n) is 4.93. The van der Waals surface area contributed by atoms with Gasteiger partial charge in [0.2, 0.25) is 5.91 Å². The molecule has 1 amide bonds. The number of rotatable bonds is 9. The molecule has 0 spiro atoms. The van der Waals surface area contributed by atoms with Crippen LogP contribution in [0.15, 0.2) is 60.7 Å². The predicted octanol–water partition coefficient (Wildman–Crippen LogP) is 4.82. The summed E-state index contributed by atoms with van der Waals surface area (Å²) in [6.07, 6.45) is 1.86. The number of hydrogen-bond donors (Lipinski definition) is 1. The Hall–Kier alpha value is -3.08. The summed E-state index contributed by atoms with van der Waals surface area (Å²) in [5, 5.41) is 2.97. The number of fused-ring (bicyclic) bond motifs is 1. The Kier molecular flexibility index (Phi) is 6.70. The zero-order valence-electron chi connectivity index (χ0n) is 17.4. The maximum Gasteiger partial charge on any atom is 0.246 e. The highest BCUT2D eigenvalue weighted by atomic mass is 16.5. The average Bonchev–Trinajstić information content (AvgIpc) is 3.10. The molecule has 0 saturated carbocycles. The molecular weight excluding hydrogens is 362 g/mol. The first-order valence-electron chi connectivity index (χ1n) is 10.1. The van der Waals surface area contributed by atoms with E-state index in [2.05, 4.69) is 41.6 Å². The van der Waals surface area contributed by atoms with Crippen LogP contribution in [0.5, 0.6) is 5.75 Å². The number of ether oxygens (including phenoxy) is 1. The summed E-state index contributed by atoms with van der Waals surface area (Å²) in [4.78, 5) is 16.8. The zero-order valence-corrected chi connectivity index (χ0v) is 17.4. The number of benzene rings is 2. The maximum atomic E-state index is 12.0. The van der Waals surface area contributed by atoms with E-state index in [1.54, 1.807) is 6.92 Å². The standard InChI is InChI=1S/C24H29N3O2/c1-5-19-11-13-20(14-12-19)29-16-8-15-27-22-10-7-6-9-21(22)26-23(27)18(4)25-24(28)17(2)3/h6-7,9-14,18H,2,5,8,15-16H2,1,3-4H3,(H,25,28). The van der Waals surface area contributed by atoms with E-state index in [0.29, 0.717) is 12.2 Å². The molecule has 0 radical (unpaired) electrons. The minimum absolute atomic E-state index is 0.157. The van der Waals surface area contributed by atoms with E-state index in [4.69, 9.17) is 9.72 Å². The largest absolute Gasteiger partial charge is 0.494 e. The monoisotopic (exact) mass is 391 g/mol. The molecular formula is C24H29N3O2. The number of para-hydroxylation sites is 2. The lowest BCUT2D eigenvalue weighted by atomic mass is 10.2. The van der Waals surface area contributed by atoms with Crippen LogP contribution in [-0.2, 0) is 17.8 Å². The first-order chi connectivity index (χ1) is 14.0. The molecule has 0 aliphatic carbocycles. The van der Waals surface area contributed by atoms with Crippen LogP contribution < -0.4 is 10.1 Å². The molecule has 1 heterocycles. The number of nitrogens with one attached hydrogen (secondary N) is 1. The number of aromatic nitrogens is 2. The molecule has 5 nitrogen and oxygen atoms in total. The van der Waals surface area contributed by atoms with E-state index >= 15 is 0 Å². The highest BCUT2D eigenvalue weighted by Crippen LogP contribution is 2.22. The second-order valence-corrected chi connectivity index (χ2v) is 7.29. The van der Waals surface area contributed by atoms with Gasteiger partial charge in [0.25, 0.3) is 0 Å². The van der Waals surface area contributed by atoms with Crippen molar-refractivity contribution < 1.29 is 9.53 Å². The van der Waals surface area contributed by atoms with Gasteiger partial charge in [0.1, 0.15) is 11.6 Å². The summed E-state index contributed by atoms with van der Waals surface area (Å²) in [7, 11) is 0. The van der Waals surface area contributed by atoms with Gasteiger partial charge < -0.3 is 14.6 Å². The first-order valence-corrected chi connectivity index (χ1v) is 10.1. The van der Waals surface area contributed by atoms with Gasteiger partial charge in [-0.05, 0) is 56.5 Å². The van der Waals surface area contributed by atoms with Crippen molar-refractivity contribution in [3.8, 4) is 5.75 Å². The van der Waals surface area contributed by atoms with Crippen molar-refractivity contribution in [3.63, 3.8) is 0 Å². The molecule has 0 fully saturated rings. The van der Waals surface area contributed by atoms with Crippen LogP contribution >= 0.6 is 0 Å². The number of hydrogen-bond acceptors (Lipinski definition) is 3. The van der Waals surface area contributed by atoms with Gasteiger partial charge in [-0.15, -0.1) is 0 Å².